The lowest BCUT2D eigenvalue weighted by molar-refractivity contribution is -0.142. The van der Waals surface area contributed by atoms with Crippen molar-refractivity contribution in [3.8, 4) is 0 Å². The molecule has 0 aliphatic carbocycles. The molecule has 4 atom stereocenters. The molecule has 5 aromatic rings. The predicted molar refractivity (Wildman–Crippen MR) is 189 cm³/mol. The van der Waals surface area contributed by atoms with E-state index in [4.69, 9.17) is 5.73 Å². The first kappa shape index (κ1) is 34.3. The smallest absolute Gasteiger partial charge is 0.326 e. The second kappa shape index (κ2) is 16.2. The predicted octanol–water partition coefficient (Wildman–Crippen LogP) is 3.30. The summed E-state index contributed by atoms with van der Waals surface area (Å²) in [6.07, 6.45) is 6.14. The topological polar surface area (TPSA) is 182 Å². The molecule has 2 heterocycles. The highest BCUT2D eigenvalue weighted by Gasteiger charge is 2.31. The van der Waals surface area contributed by atoms with Gasteiger partial charge in [0.25, 0.3) is 0 Å². The average molecular weight is 669 g/mol. The van der Waals surface area contributed by atoms with Crippen LogP contribution in [0.4, 0.5) is 0 Å². The molecule has 250 valence electrons. The van der Waals surface area contributed by atoms with E-state index in [1.165, 1.54) is 0 Å². The van der Waals surface area contributed by atoms with Crippen molar-refractivity contribution in [3.63, 3.8) is 0 Å². The fourth-order valence-electron chi connectivity index (χ4n) is 5.71. The van der Waals surface area contributed by atoms with E-state index < -0.39 is 47.9 Å². The summed E-state index contributed by atoms with van der Waals surface area (Å²) in [7, 11) is 0. The van der Waals surface area contributed by atoms with E-state index in [1.54, 1.807) is 24.2 Å². The number of carboxylic acids is 1. The molecule has 0 saturated heterocycles. The van der Waals surface area contributed by atoms with Crippen LogP contribution < -0.4 is 21.7 Å². The first-order valence-corrected chi connectivity index (χ1v) is 17.1. The summed E-state index contributed by atoms with van der Waals surface area (Å²) in [6.45, 7) is 0. The van der Waals surface area contributed by atoms with Crippen molar-refractivity contribution in [1.82, 2.24) is 25.9 Å². The third kappa shape index (κ3) is 8.64. The Bertz CT molecular complexity index is 1870. The molecule has 0 aliphatic rings. The second-order valence-electron chi connectivity index (χ2n) is 11.7. The number of amides is 3. The van der Waals surface area contributed by atoms with Crippen molar-refractivity contribution in [1.29, 1.82) is 0 Å². The van der Waals surface area contributed by atoms with E-state index in [-0.39, 0.29) is 19.3 Å². The van der Waals surface area contributed by atoms with Gasteiger partial charge in [0.15, 0.2) is 0 Å². The molecule has 0 spiro atoms. The summed E-state index contributed by atoms with van der Waals surface area (Å²) in [4.78, 5) is 59.7. The van der Waals surface area contributed by atoms with Crippen LogP contribution in [0.15, 0.2) is 91.3 Å². The van der Waals surface area contributed by atoms with Gasteiger partial charge in [0, 0.05) is 53.5 Å². The molecule has 11 nitrogen and oxygen atoms in total. The molecule has 8 N–H and O–H groups in total. The number of hydrogen-bond acceptors (Lipinski definition) is 6. The maximum atomic E-state index is 14.0. The van der Waals surface area contributed by atoms with Crippen molar-refractivity contribution in [2.75, 3.05) is 12.0 Å². The maximum absolute atomic E-state index is 14.0. The highest BCUT2D eigenvalue weighted by atomic mass is 32.2. The van der Waals surface area contributed by atoms with Crippen LogP contribution in [-0.4, -0.2) is 74.9 Å². The van der Waals surface area contributed by atoms with Crippen LogP contribution in [0.1, 0.15) is 23.1 Å². The minimum absolute atomic E-state index is 0.0320. The standard InChI is InChI=1S/C36H40N6O5S/c1-48-16-15-27(37)33(43)40-31(18-23-20-38-28-13-7-5-11-25(23)28)35(45)41-30(17-22-9-3-2-4-10-22)34(44)42-32(36(46)47)19-24-21-39-29-14-8-6-12-26(24)29/h2-14,20-21,27,30-32,38-39H,15-19,37H2,1H3,(H,40,43)(H,41,45)(H,42,44)(H,46,47). The van der Waals surface area contributed by atoms with Gasteiger partial charge in [-0.15, -0.1) is 0 Å². The third-order valence-corrected chi connectivity index (χ3v) is 8.97. The Labute approximate surface area is 282 Å². The summed E-state index contributed by atoms with van der Waals surface area (Å²) >= 11 is 1.57. The van der Waals surface area contributed by atoms with Crippen molar-refractivity contribution in [2.24, 2.45) is 5.73 Å². The SMILES string of the molecule is CSCCC(N)C(=O)NC(Cc1c[nH]c2ccccc12)C(=O)NC(Cc1ccccc1)C(=O)NC(Cc1c[nH]c2ccccc12)C(=O)O. The number of thioether (sulfide) groups is 1. The zero-order valence-corrected chi connectivity index (χ0v) is 27.4. The Morgan fingerprint density at radius 3 is 1.73 bits per heavy atom. The van der Waals surface area contributed by atoms with Crippen LogP contribution in [0.5, 0.6) is 0 Å². The molecule has 12 heteroatoms. The number of carboxylic acid groups (broad SMARTS) is 1. The van der Waals surface area contributed by atoms with Crippen molar-refractivity contribution >= 4 is 57.3 Å². The Morgan fingerprint density at radius 1 is 0.688 bits per heavy atom. The first-order valence-electron chi connectivity index (χ1n) is 15.8. The molecule has 0 bridgehead atoms. The van der Waals surface area contributed by atoms with Gasteiger partial charge < -0.3 is 36.8 Å². The zero-order chi connectivity index (χ0) is 34.0. The highest BCUT2D eigenvalue weighted by molar-refractivity contribution is 7.98. The van der Waals surface area contributed by atoms with E-state index in [0.717, 1.165) is 38.5 Å². The number of nitrogens with one attached hydrogen (secondary N) is 5. The van der Waals surface area contributed by atoms with Crippen LogP contribution >= 0.6 is 11.8 Å². The quantitative estimate of drug-likeness (QED) is 0.0842. The summed E-state index contributed by atoms with van der Waals surface area (Å²) < 4.78 is 0. The lowest BCUT2D eigenvalue weighted by atomic mass is 10.0. The number of aromatic amines is 2. The van der Waals surface area contributed by atoms with Crippen molar-refractivity contribution < 1.29 is 24.3 Å². The fraction of sp³-hybridized carbons (Fsp3) is 0.278. The summed E-state index contributed by atoms with van der Waals surface area (Å²) in [6, 6.07) is 20.0. The van der Waals surface area contributed by atoms with Crippen molar-refractivity contribution in [3.05, 3.63) is 108 Å². The number of benzene rings is 3. The van der Waals surface area contributed by atoms with Gasteiger partial charge in [0.05, 0.1) is 6.04 Å². The van der Waals surface area contributed by atoms with Crippen LogP contribution in [0, 0.1) is 0 Å². The summed E-state index contributed by atoms with van der Waals surface area (Å²) in [5, 5.41) is 20.2. The molecule has 0 saturated carbocycles. The summed E-state index contributed by atoms with van der Waals surface area (Å²) in [5.74, 6) is -2.25. The zero-order valence-electron chi connectivity index (χ0n) is 26.6. The van der Waals surface area contributed by atoms with E-state index in [0.29, 0.717) is 12.2 Å². The van der Waals surface area contributed by atoms with Gasteiger partial charge in [0.2, 0.25) is 17.7 Å². The Balaban J connectivity index is 1.39. The van der Waals surface area contributed by atoms with Gasteiger partial charge in [0.1, 0.15) is 18.1 Å². The van der Waals surface area contributed by atoms with Gasteiger partial charge >= 0.3 is 5.97 Å². The molecule has 0 radical (unpaired) electrons. The molecule has 0 aliphatic heterocycles. The van der Waals surface area contributed by atoms with Crippen LogP contribution in [0.25, 0.3) is 21.8 Å². The summed E-state index contributed by atoms with van der Waals surface area (Å²) in [5.41, 5.74) is 10.2. The minimum Gasteiger partial charge on any atom is -0.480 e. The largest absolute Gasteiger partial charge is 0.480 e. The first-order chi connectivity index (χ1) is 23.2. The van der Waals surface area contributed by atoms with Gasteiger partial charge in [-0.1, -0.05) is 66.7 Å². The lowest BCUT2D eigenvalue weighted by Crippen LogP contribution is -2.58. The lowest BCUT2D eigenvalue weighted by Gasteiger charge is -2.25. The van der Waals surface area contributed by atoms with Crippen LogP contribution in [0.3, 0.4) is 0 Å². The van der Waals surface area contributed by atoms with E-state index >= 15 is 0 Å². The number of aliphatic carboxylic acids is 1. The van der Waals surface area contributed by atoms with Gasteiger partial charge in [-0.3, -0.25) is 14.4 Å². The van der Waals surface area contributed by atoms with E-state index in [2.05, 4.69) is 25.9 Å². The number of H-pyrrole nitrogens is 2. The molecule has 2 aromatic heterocycles. The van der Waals surface area contributed by atoms with Crippen molar-refractivity contribution in [2.45, 2.75) is 49.9 Å². The van der Waals surface area contributed by atoms with Crippen LogP contribution in [0.2, 0.25) is 0 Å². The number of nitrogens with two attached hydrogens (primary N) is 1. The number of fused-ring (bicyclic) bond motifs is 2. The number of carbonyl (C=O) groups is 4. The Hall–Kier alpha value is -5.07. The molecule has 5 rings (SSSR count). The molecule has 4 unspecified atom stereocenters. The Kier molecular flexibility index (Phi) is 11.5. The number of carbonyl (C=O) groups excluding carboxylic acids is 3. The average Bonchev–Trinajstić information content (AvgIpc) is 3.70. The molecular formula is C36H40N6O5S. The Morgan fingerprint density at radius 2 is 1.17 bits per heavy atom. The number of aromatic nitrogens is 2. The molecule has 48 heavy (non-hydrogen) atoms. The fourth-order valence-corrected chi connectivity index (χ4v) is 6.20. The van der Waals surface area contributed by atoms with Gasteiger partial charge in [-0.05, 0) is 47.3 Å². The molecule has 3 aromatic carbocycles. The normalized spacial score (nSPS) is 13.8. The van der Waals surface area contributed by atoms with E-state index in [9.17, 15) is 24.3 Å². The van der Waals surface area contributed by atoms with Crippen LogP contribution in [-0.2, 0) is 38.4 Å². The number of hydrogen-bond donors (Lipinski definition) is 7. The number of para-hydroxylation sites is 2. The third-order valence-electron chi connectivity index (χ3n) is 8.33. The second-order valence-corrected chi connectivity index (χ2v) is 12.7. The maximum Gasteiger partial charge on any atom is 0.326 e. The molecule has 0 fully saturated rings. The monoisotopic (exact) mass is 668 g/mol. The van der Waals surface area contributed by atoms with Gasteiger partial charge in [-0.25, -0.2) is 4.79 Å². The minimum atomic E-state index is -1.26. The van der Waals surface area contributed by atoms with E-state index in [1.807, 2.05) is 85.1 Å². The highest BCUT2D eigenvalue weighted by Crippen LogP contribution is 2.21. The van der Waals surface area contributed by atoms with Gasteiger partial charge in [-0.2, -0.15) is 11.8 Å². The number of rotatable bonds is 16. The molecular weight excluding hydrogens is 629 g/mol. The molecule has 3 amide bonds.